The van der Waals surface area contributed by atoms with Crippen molar-refractivity contribution in [3.8, 4) is 11.1 Å². The van der Waals surface area contributed by atoms with Crippen molar-refractivity contribution in [3.05, 3.63) is 194 Å². The van der Waals surface area contributed by atoms with E-state index in [1.165, 1.54) is 47.6 Å². The lowest BCUT2D eigenvalue weighted by molar-refractivity contribution is 1.26. The van der Waals surface area contributed by atoms with Gasteiger partial charge in [-0.05, 0) is 102 Å². The summed E-state index contributed by atoms with van der Waals surface area (Å²) in [4.78, 5) is 4.75. The predicted molar refractivity (Wildman–Crippen MR) is 216 cm³/mol. The van der Waals surface area contributed by atoms with E-state index >= 15 is 0 Å². The van der Waals surface area contributed by atoms with Gasteiger partial charge in [0.15, 0.2) is 0 Å². The maximum absolute atomic E-state index is 2.44. The quantitative estimate of drug-likeness (QED) is 0.168. The minimum absolute atomic E-state index is 1.10. The van der Waals surface area contributed by atoms with E-state index in [9.17, 15) is 0 Å². The summed E-state index contributed by atoms with van der Waals surface area (Å²) < 4.78 is 2.61. The summed E-state index contributed by atoms with van der Waals surface area (Å²) in [5.41, 5.74) is 10.4. The molecule has 9 rings (SSSR count). The number of anilines is 6. The third kappa shape index (κ3) is 5.29. The summed E-state index contributed by atoms with van der Waals surface area (Å²) in [5, 5.41) is 5.12. The fourth-order valence-electron chi connectivity index (χ4n) is 7.26. The van der Waals surface area contributed by atoms with Crippen LogP contribution >= 0.6 is 11.3 Å². The Hall–Kier alpha value is -6.16. The smallest absolute Gasteiger partial charge is 0.0546 e. The van der Waals surface area contributed by atoms with Gasteiger partial charge in [-0.3, -0.25) is 0 Å². The van der Waals surface area contributed by atoms with Crippen LogP contribution in [0.15, 0.2) is 188 Å². The molecule has 0 aliphatic rings. The van der Waals surface area contributed by atoms with Gasteiger partial charge in [0.1, 0.15) is 0 Å². The molecule has 1 aromatic heterocycles. The highest BCUT2D eigenvalue weighted by Gasteiger charge is 2.21. The zero-order valence-electron chi connectivity index (χ0n) is 27.7. The first-order valence-electron chi connectivity index (χ1n) is 17.0. The second-order valence-electron chi connectivity index (χ2n) is 12.6. The molecule has 1 heterocycles. The van der Waals surface area contributed by atoms with Crippen LogP contribution in [0.2, 0.25) is 0 Å². The molecule has 0 atom stereocenters. The molecule has 0 aliphatic heterocycles. The minimum atomic E-state index is 1.10. The number of fused-ring (bicyclic) bond motifs is 4. The summed E-state index contributed by atoms with van der Waals surface area (Å²) in [6.07, 6.45) is 0. The van der Waals surface area contributed by atoms with E-state index in [2.05, 4.69) is 205 Å². The third-order valence-electron chi connectivity index (χ3n) is 9.55. The normalized spacial score (nSPS) is 11.3. The molecule has 0 N–H and O–H groups in total. The summed E-state index contributed by atoms with van der Waals surface area (Å²) in [6.45, 7) is 2.21. The second kappa shape index (κ2) is 12.7. The first-order valence-corrected chi connectivity index (χ1v) is 17.8. The van der Waals surface area contributed by atoms with Crippen LogP contribution in [0.3, 0.4) is 0 Å². The largest absolute Gasteiger partial charge is 0.311 e. The number of benzene rings is 8. The van der Waals surface area contributed by atoms with E-state index in [0.29, 0.717) is 0 Å². The fourth-order valence-corrected chi connectivity index (χ4v) is 8.48. The van der Waals surface area contributed by atoms with Crippen LogP contribution in [-0.2, 0) is 0 Å². The van der Waals surface area contributed by atoms with Crippen molar-refractivity contribution < 1.29 is 0 Å². The Bertz CT molecular complexity index is 2550. The Morgan fingerprint density at radius 3 is 1.68 bits per heavy atom. The average Bonchev–Trinajstić information content (AvgIpc) is 3.56. The number of hydrogen-bond acceptors (Lipinski definition) is 3. The van der Waals surface area contributed by atoms with E-state index in [1.807, 2.05) is 11.3 Å². The molecule has 0 radical (unpaired) electrons. The molecule has 2 nitrogen and oxygen atoms in total. The van der Waals surface area contributed by atoms with E-state index in [-0.39, 0.29) is 0 Å². The molecule has 0 amide bonds. The predicted octanol–water partition coefficient (Wildman–Crippen LogP) is 14.1. The maximum atomic E-state index is 2.44. The zero-order chi connectivity index (χ0) is 33.4. The fraction of sp³-hybridized carbons (Fsp3) is 0.0213. The highest BCUT2D eigenvalue weighted by molar-refractivity contribution is 7.25. The van der Waals surface area contributed by atoms with Crippen LogP contribution in [0.1, 0.15) is 5.56 Å². The third-order valence-corrected chi connectivity index (χ3v) is 10.7. The van der Waals surface area contributed by atoms with Crippen molar-refractivity contribution in [3.63, 3.8) is 0 Å². The van der Waals surface area contributed by atoms with Crippen LogP contribution < -0.4 is 9.80 Å². The number of hydrogen-bond donors (Lipinski definition) is 0. The van der Waals surface area contributed by atoms with E-state index in [0.717, 1.165) is 34.1 Å². The Morgan fingerprint density at radius 2 is 0.980 bits per heavy atom. The van der Waals surface area contributed by atoms with Crippen LogP contribution in [-0.4, -0.2) is 0 Å². The number of thiophene rings is 1. The Labute approximate surface area is 296 Å². The topological polar surface area (TPSA) is 6.48 Å². The van der Waals surface area contributed by atoms with Crippen LogP contribution in [0, 0.1) is 6.92 Å². The first-order chi connectivity index (χ1) is 24.7. The van der Waals surface area contributed by atoms with Crippen LogP contribution in [0.4, 0.5) is 34.1 Å². The number of para-hydroxylation sites is 2. The van der Waals surface area contributed by atoms with E-state index in [4.69, 9.17) is 0 Å². The molecule has 8 aromatic carbocycles. The summed E-state index contributed by atoms with van der Waals surface area (Å²) >= 11 is 1.87. The summed E-state index contributed by atoms with van der Waals surface area (Å²) in [6, 6.07) is 67.8. The van der Waals surface area contributed by atoms with Gasteiger partial charge in [-0.25, -0.2) is 0 Å². The standard InChI is InChI=1S/C47H34N2S/c1-33-14-13-23-44-46(33)42-30-29-40(32-45(42)50-44)49(43-31-24-34-15-11-12-22-41(34)47(43)35-16-5-2-6-17-35)39-27-25-38(26-28-39)48(36-18-7-3-8-19-36)37-20-9-4-10-21-37/h2-32H,1H3. The second-order valence-corrected chi connectivity index (χ2v) is 13.7. The molecule has 9 aromatic rings. The maximum Gasteiger partial charge on any atom is 0.0546 e. The highest BCUT2D eigenvalue weighted by Crippen LogP contribution is 2.47. The van der Waals surface area contributed by atoms with Crippen molar-refractivity contribution in [2.45, 2.75) is 6.92 Å². The Balaban J connectivity index is 1.26. The van der Waals surface area contributed by atoms with Gasteiger partial charge in [-0.15, -0.1) is 11.3 Å². The van der Waals surface area contributed by atoms with Gasteiger partial charge in [-0.1, -0.05) is 115 Å². The minimum Gasteiger partial charge on any atom is -0.311 e. The van der Waals surface area contributed by atoms with Gasteiger partial charge in [0.05, 0.1) is 5.69 Å². The lowest BCUT2D eigenvalue weighted by atomic mass is 9.95. The molecule has 50 heavy (non-hydrogen) atoms. The van der Waals surface area contributed by atoms with Crippen molar-refractivity contribution in [2.75, 3.05) is 9.80 Å². The van der Waals surface area contributed by atoms with Gasteiger partial charge in [0.25, 0.3) is 0 Å². The molecule has 238 valence electrons. The van der Waals surface area contributed by atoms with Gasteiger partial charge < -0.3 is 9.80 Å². The van der Waals surface area contributed by atoms with Crippen molar-refractivity contribution in [1.82, 2.24) is 0 Å². The number of aryl methyl sites for hydroxylation is 1. The van der Waals surface area contributed by atoms with Gasteiger partial charge >= 0.3 is 0 Å². The van der Waals surface area contributed by atoms with E-state index in [1.54, 1.807) is 0 Å². The molecule has 3 heteroatoms. The monoisotopic (exact) mass is 658 g/mol. The van der Waals surface area contributed by atoms with Gasteiger partial charge in [0, 0.05) is 54.2 Å². The Kier molecular flexibility index (Phi) is 7.61. The summed E-state index contributed by atoms with van der Waals surface area (Å²) in [7, 11) is 0. The Morgan fingerprint density at radius 1 is 0.400 bits per heavy atom. The lowest BCUT2D eigenvalue weighted by Crippen LogP contribution is -2.13. The molecular weight excluding hydrogens is 625 g/mol. The van der Waals surface area contributed by atoms with Gasteiger partial charge in [-0.2, -0.15) is 0 Å². The molecule has 0 fully saturated rings. The van der Waals surface area contributed by atoms with Gasteiger partial charge in [0.2, 0.25) is 0 Å². The molecule has 0 spiro atoms. The molecule has 0 bridgehead atoms. The van der Waals surface area contributed by atoms with Crippen molar-refractivity contribution >= 4 is 76.4 Å². The SMILES string of the molecule is Cc1cccc2sc3cc(N(c4ccc(N(c5ccccc5)c5ccccc5)cc4)c4ccc5ccccc5c4-c4ccccc4)ccc3c12. The first kappa shape index (κ1) is 29.9. The van der Waals surface area contributed by atoms with Crippen molar-refractivity contribution in [2.24, 2.45) is 0 Å². The average molecular weight is 659 g/mol. The zero-order valence-corrected chi connectivity index (χ0v) is 28.5. The van der Waals surface area contributed by atoms with Crippen molar-refractivity contribution in [1.29, 1.82) is 0 Å². The molecular formula is C47H34N2S. The molecule has 0 unspecified atom stereocenters. The lowest BCUT2D eigenvalue weighted by Gasteiger charge is -2.30. The highest BCUT2D eigenvalue weighted by atomic mass is 32.1. The van der Waals surface area contributed by atoms with Crippen LogP contribution in [0.5, 0.6) is 0 Å². The molecule has 0 saturated carbocycles. The van der Waals surface area contributed by atoms with Crippen LogP contribution in [0.25, 0.3) is 42.1 Å². The summed E-state index contributed by atoms with van der Waals surface area (Å²) in [5.74, 6) is 0. The molecule has 0 saturated heterocycles. The number of nitrogens with zero attached hydrogens (tertiary/aromatic N) is 2. The van der Waals surface area contributed by atoms with E-state index < -0.39 is 0 Å². The molecule has 0 aliphatic carbocycles. The number of rotatable bonds is 7.